The van der Waals surface area contributed by atoms with Gasteiger partial charge in [-0.05, 0) is 36.6 Å². The summed E-state index contributed by atoms with van der Waals surface area (Å²) in [7, 11) is 0. The van der Waals surface area contributed by atoms with Gasteiger partial charge in [-0.15, -0.1) is 0 Å². The van der Waals surface area contributed by atoms with Gasteiger partial charge in [0.1, 0.15) is 5.75 Å². The van der Waals surface area contributed by atoms with Gasteiger partial charge in [0.2, 0.25) is 0 Å². The number of ether oxygens (including phenoxy) is 2. The monoisotopic (exact) mass is 236 g/mol. The van der Waals surface area contributed by atoms with Crippen molar-refractivity contribution in [2.45, 2.75) is 27.7 Å². The van der Waals surface area contributed by atoms with E-state index in [-0.39, 0.29) is 11.4 Å². The fraction of sp³-hybridized carbons (Fsp3) is 0.500. The number of hydrogen-bond acceptors (Lipinski definition) is 3. The highest BCUT2D eigenvalue weighted by Crippen LogP contribution is 2.18. The summed E-state index contributed by atoms with van der Waals surface area (Å²) in [6.45, 7) is 9.16. The van der Waals surface area contributed by atoms with E-state index in [4.69, 9.17) is 9.47 Å². The molecule has 0 fully saturated rings. The van der Waals surface area contributed by atoms with Crippen LogP contribution >= 0.6 is 0 Å². The third-order valence-corrected chi connectivity index (χ3v) is 2.04. The van der Waals surface area contributed by atoms with Crippen molar-refractivity contribution in [3.63, 3.8) is 0 Å². The van der Waals surface area contributed by atoms with E-state index in [2.05, 4.69) is 20.8 Å². The van der Waals surface area contributed by atoms with Gasteiger partial charge in [0.15, 0.2) is 0 Å². The molecule has 0 aliphatic heterocycles. The number of carbonyl (C=O) groups is 1. The first kappa shape index (κ1) is 13.6. The molecule has 1 rings (SSSR count). The predicted molar refractivity (Wildman–Crippen MR) is 67.3 cm³/mol. The van der Waals surface area contributed by atoms with Gasteiger partial charge in [-0.2, -0.15) is 0 Å². The normalized spacial score (nSPS) is 11.1. The quantitative estimate of drug-likeness (QED) is 0.752. The molecule has 3 heteroatoms. The lowest BCUT2D eigenvalue weighted by Gasteiger charge is -2.18. The summed E-state index contributed by atoms with van der Waals surface area (Å²) in [4.78, 5) is 11.4. The minimum atomic E-state index is -0.296. The van der Waals surface area contributed by atoms with E-state index in [0.29, 0.717) is 18.8 Å². The van der Waals surface area contributed by atoms with Gasteiger partial charge in [-0.3, -0.25) is 0 Å². The largest absolute Gasteiger partial charge is 0.493 e. The number of rotatable bonds is 4. The fourth-order valence-electron chi connectivity index (χ4n) is 1.20. The van der Waals surface area contributed by atoms with Crippen LogP contribution in [-0.4, -0.2) is 19.2 Å². The third-order valence-electron chi connectivity index (χ3n) is 2.04. The second kappa shape index (κ2) is 5.71. The molecule has 0 saturated carbocycles. The Balaban J connectivity index is 2.59. The van der Waals surface area contributed by atoms with Crippen LogP contribution in [0.1, 0.15) is 38.1 Å². The summed E-state index contributed by atoms with van der Waals surface area (Å²) >= 11 is 0. The van der Waals surface area contributed by atoms with Crippen molar-refractivity contribution < 1.29 is 14.3 Å². The second-order valence-corrected chi connectivity index (χ2v) is 5.09. The lowest BCUT2D eigenvalue weighted by Crippen LogP contribution is -2.16. The Labute approximate surface area is 103 Å². The minimum absolute atomic E-state index is 0.125. The Morgan fingerprint density at radius 3 is 2.24 bits per heavy atom. The maximum atomic E-state index is 11.4. The highest BCUT2D eigenvalue weighted by Gasteiger charge is 2.11. The second-order valence-electron chi connectivity index (χ2n) is 5.09. The SMILES string of the molecule is CCOC(=O)c1ccc(OCC(C)(C)C)cc1. The molecule has 0 aliphatic rings. The predicted octanol–water partition coefficient (Wildman–Crippen LogP) is 3.29. The topological polar surface area (TPSA) is 35.5 Å². The molecule has 94 valence electrons. The first-order valence-corrected chi connectivity index (χ1v) is 5.82. The van der Waals surface area contributed by atoms with E-state index in [1.807, 2.05) is 0 Å². The first-order chi connectivity index (χ1) is 7.92. The molecule has 0 aromatic heterocycles. The Morgan fingerprint density at radius 1 is 1.18 bits per heavy atom. The van der Waals surface area contributed by atoms with Crippen molar-refractivity contribution in [2.24, 2.45) is 5.41 Å². The van der Waals surface area contributed by atoms with E-state index >= 15 is 0 Å². The average Bonchev–Trinajstić information content (AvgIpc) is 2.26. The zero-order valence-electron chi connectivity index (χ0n) is 10.9. The van der Waals surface area contributed by atoms with Crippen molar-refractivity contribution in [1.82, 2.24) is 0 Å². The van der Waals surface area contributed by atoms with Crippen LogP contribution in [0, 0.1) is 5.41 Å². The highest BCUT2D eigenvalue weighted by atomic mass is 16.5. The molecule has 0 N–H and O–H groups in total. The molecule has 0 radical (unpaired) electrons. The van der Waals surface area contributed by atoms with Gasteiger partial charge in [-0.1, -0.05) is 20.8 Å². The third kappa shape index (κ3) is 4.89. The van der Waals surface area contributed by atoms with Crippen molar-refractivity contribution >= 4 is 5.97 Å². The summed E-state index contributed by atoms with van der Waals surface area (Å²) in [5, 5.41) is 0. The molecule has 0 unspecified atom stereocenters. The summed E-state index contributed by atoms with van der Waals surface area (Å²) in [6, 6.07) is 7.02. The summed E-state index contributed by atoms with van der Waals surface area (Å²) in [5.74, 6) is 0.475. The minimum Gasteiger partial charge on any atom is -0.493 e. The maximum Gasteiger partial charge on any atom is 0.338 e. The summed E-state index contributed by atoms with van der Waals surface area (Å²) in [5.41, 5.74) is 0.676. The fourth-order valence-corrected chi connectivity index (χ4v) is 1.20. The molecule has 17 heavy (non-hydrogen) atoms. The Hall–Kier alpha value is -1.51. The lowest BCUT2D eigenvalue weighted by atomic mass is 9.99. The Bertz CT molecular complexity index is 360. The molecule has 0 atom stereocenters. The summed E-state index contributed by atoms with van der Waals surface area (Å²) < 4.78 is 10.5. The molecule has 0 spiro atoms. The molecular formula is C14H20O3. The molecule has 0 saturated heterocycles. The zero-order chi connectivity index (χ0) is 12.9. The number of hydrogen-bond donors (Lipinski definition) is 0. The average molecular weight is 236 g/mol. The molecule has 0 heterocycles. The van der Waals surface area contributed by atoms with E-state index in [9.17, 15) is 4.79 Å². The standard InChI is InChI=1S/C14H20O3/c1-5-16-13(15)11-6-8-12(9-7-11)17-10-14(2,3)4/h6-9H,5,10H2,1-4H3. The number of benzene rings is 1. The maximum absolute atomic E-state index is 11.4. The van der Waals surface area contributed by atoms with Crippen LogP contribution in [0.2, 0.25) is 0 Å². The van der Waals surface area contributed by atoms with Crippen molar-refractivity contribution in [2.75, 3.05) is 13.2 Å². The van der Waals surface area contributed by atoms with Crippen LogP contribution in [0.25, 0.3) is 0 Å². The van der Waals surface area contributed by atoms with Crippen LogP contribution in [-0.2, 0) is 4.74 Å². The van der Waals surface area contributed by atoms with Gasteiger partial charge < -0.3 is 9.47 Å². The van der Waals surface area contributed by atoms with Gasteiger partial charge in [0.25, 0.3) is 0 Å². The van der Waals surface area contributed by atoms with E-state index in [0.717, 1.165) is 5.75 Å². The molecule has 0 aliphatic carbocycles. The molecule has 3 nitrogen and oxygen atoms in total. The van der Waals surface area contributed by atoms with Gasteiger partial charge >= 0.3 is 5.97 Å². The number of carbonyl (C=O) groups excluding carboxylic acids is 1. The van der Waals surface area contributed by atoms with E-state index < -0.39 is 0 Å². The van der Waals surface area contributed by atoms with E-state index in [1.165, 1.54) is 0 Å². The zero-order valence-corrected chi connectivity index (χ0v) is 10.9. The van der Waals surface area contributed by atoms with Gasteiger partial charge in [0, 0.05) is 0 Å². The highest BCUT2D eigenvalue weighted by molar-refractivity contribution is 5.89. The molecule has 0 amide bonds. The van der Waals surface area contributed by atoms with E-state index in [1.54, 1.807) is 31.2 Å². The molecule has 0 bridgehead atoms. The first-order valence-electron chi connectivity index (χ1n) is 5.82. The number of esters is 1. The molecule has 1 aromatic rings. The lowest BCUT2D eigenvalue weighted by molar-refractivity contribution is 0.0526. The van der Waals surface area contributed by atoms with Gasteiger partial charge in [-0.25, -0.2) is 4.79 Å². The Kier molecular flexibility index (Phi) is 4.55. The van der Waals surface area contributed by atoms with Crippen LogP contribution in [0.15, 0.2) is 24.3 Å². The van der Waals surface area contributed by atoms with Crippen LogP contribution in [0.5, 0.6) is 5.75 Å². The summed E-state index contributed by atoms with van der Waals surface area (Å²) in [6.07, 6.45) is 0. The van der Waals surface area contributed by atoms with Crippen molar-refractivity contribution in [1.29, 1.82) is 0 Å². The molecular weight excluding hydrogens is 216 g/mol. The van der Waals surface area contributed by atoms with Crippen molar-refractivity contribution in [3.8, 4) is 5.75 Å². The van der Waals surface area contributed by atoms with Gasteiger partial charge in [0.05, 0.1) is 18.8 Å². The molecule has 1 aromatic carbocycles. The smallest absolute Gasteiger partial charge is 0.338 e. The Morgan fingerprint density at radius 2 is 1.76 bits per heavy atom. The van der Waals surface area contributed by atoms with Crippen LogP contribution < -0.4 is 4.74 Å². The van der Waals surface area contributed by atoms with Crippen molar-refractivity contribution in [3.05, 3.63) is 29.8 Å². The van der Waals surface area contributed by atoms with Crippen LogP contribution in [0.4, 0.5) is 0 Å². The van der Waals surface area contributed by atoms with Crippen LogP contribution in [0.3, 0.4) is 0 Å².